The lowest BCUT2D eigenvalue weighted by Crippen LogP contribution is -2.63. The predicted molar refractivity (Wildman–Crippen MR) is 56.3 cm³/mol. The Morgan fingerprint density at radius 3 is 2.58 bits per heavy atom. The Bertz CT molecular complexity index is 519. The molecule has 7 heteroatoms. The van der Waals surface area contributed by atoms with Gasteiger partial charge >= 0.3 is 0 Å². The smallest absolute Gasteiger partial charge is 0.278 e. The van der Waals surface area contributed by atoms with E-state index < -0.39 is 54.1 Å². The molecule has 1 N–H and O–H groups in total. The van der Waals surface area contributed by atoms with Gasteiger partial charge in [-0.3, -0.25) is 4.79 Å². The van der Waals surface area contributed by atoms with Gasteiger partial charge in [0.15, 0.2) is 17.2 Å². The van der Waals surface area contributed by atoms with Crippen LogP contribution in [-0.2, 0) is 10.3 Å². The van der Waals surface area contributed by atoms with Crippen LogP contribution < -0.4 is 5.32 Å². The van der Waals surface area contributed by atoms with Crippen molar-refractivity contribution in [2.45, 2.75) is 24.3 Å². The van der Waals surface area contributed by atoms with Gasteiger partial charge in [0, 0.05) is 18.4 Å². The molecule has 1 aromatic carbocycles. The summed E-state index contributed by atoms with van der Waals surface area (Å²) in [5.41, 5.74) is -3.73. The number of benzene rings is 1. The summed E-state index contributed by atoms with van der Waals surface area (Å²) in [4.78, 5) is 11.3. The second-order valence-electron chi connectivity index (χ2n) is 4.39. The molecule has 1 saturated heterocycles. The van der Waals surface area contributed by atoms with Crippen LogP contribution in [0, 0.1) is 11.6 Å². The second kappa shape index (κ2) is 4.47. The van der Waals surface area contributed by atoms with Crippen molar-refractivity contribution in [2.75, 3.05) is 6.67 Å². The molecule has 1 aliphatic heterocycles. The zero-order valence-corrected chi connectivity index (χ0v) is 9.65. The highest BCUT2D eigenvalue weighted by atomic mass is 19.3. The van der Waals surface area contributed by atoms with E-state index >= 15 is 0 Å². The van der Waals surface area contributed by atoms with Crippen molar-refractivity contribution in [3.63, 3.8) is 0 Å². The lowest BCUT2D eigenvalue weighted by molar-refractivity contribution is -0.156. The monoisotopic (exact) mass is 279 g/mol. The Labute approximate surface area is 105 Å². The summed E-state index contributed by atoms with van der Waals surface area (Å²) in [5.74, 6) is -7.49. The van der Waals surface area contributed by atoms with Gasteiger partial charge < -0.3 is 5.32 Å². The number of hydrogen-bond acceptors (Lipinski definition) is 1. The number of piperidine rings is 1. The van der Waals surface area contributed by atoms with E-state index in [2.05, 4.69) is 0 Å². The van der Waals surface area contributed by atoms with Gasteiger partial charge in [0.05, 0.1) is 0 Å². The average Bonchev–Trinajstić information content (AvgIpc) is 2.36. The van der Waals surface area contributed by atoms with Crippen LogP contribution in [0.1, 0.15) is 18.4 Å². The fourth-order valence-corrected chi connectivity index (χ4v) is 2.18. The Balaban J connectivity index is 2.63. The minimum absolute atomic E-state index is 0.494. The second-order valence-corrected chi connectivity index (χ2v) is 4.39. The molecule has 1 heterocycles. The highest BCUT2D eigenvalue weighted by molar-refractivity contribution is 5.78. The molecule has 2 nitrogen and oxygen atoms in total. The highest BCUT2D eigenvalue weighted by Gasteiger charge is 2.59. The van der Waals surface area contributed by atoms with Gasteiger partial charge in [-0.2, -0.15) is 0 Å². The summed E-state index contributed by atoms with van der Waals surface area (Å²) in [7, 11) is 0. The van der Waals surface area contributed by atoms with E-state index in [-0.39, 0.29) is 0 Å². The maximum atomic E-state index is 14.0. The van der Waals surface area contributed by atoms with Crippen molar-refractivity contribution in [3.8, 4) is 0 Å². The molecule has 1 aromatic rings. The largest absolute Gasteiger partial charge is 0.339 e. The molecule has 0 spiro atoms. The van der Waals surface area contributed by atoms with Crippen molar-refractivity contribution in [1.82, 2.24) is 5.32 Å². The molecule has 19 heavy (non-hydrogen) atoms. The van der Waals surface area contributed by atoms with Gasteiger partial charge in [-0.15, -0.1) is 0 Å². The van der Waals surface area contributed by atoms with Crippen LogP contribution in [0.15, 0.2) is 18.2 Å². The molecule has 0 saturated carbocycles. The standard InChI is InChI=1S/C12H10F5NO/c13-6-11(7-2-1-3-8(14)10(7)15)12(16,17)5-4-9(19)18-11/h1-3H,4-6H2,(H,18,19)/t11-/m1/s1. The van der Waals surface area contributed by atoms with Crippen molar-refractivity contribution in [2.24, 2.45) is 0 Å². The van der Waals surface area contributed by atoms with Crippen molar-refractivity contribution in [1.29, 1.82) is 0 Å². The topological polar surface area (TPSA) is 29.1 Å². The van der Waals surface area contributed by atoms with Crippen LogP contribution in [0.3, 0.4) is 0 Å². The van der Waals surface area contributed by atoms with Gasteiger partial charge in [0.2, 0.25) is 5.91 Å². The minimum atomic E-state index is -3.70. The van der Waals surface area contributed by atoms with E-state index in [9.17, 15) is 26.7 Å². The van der Waals surface area contributed by atoms with Crippen LogP contribution in [0.25, 0.3) is 0 Å². The Kier molecular flexibility index (Phi) is 3.24. The number of alkyl halides is 3. The maximum absolute atomic E-state index is 14.0. The van der Waals surface area contributed by atoms with E-state index in [1.54, 1.807) is 5.32 Å². The average molecular weight is 279 g/mol. The number of halogens is 5. The molecule has 0 radical (unpaired) electrons. The highest BCUT2D eigenvalue weighted by Crippen LogP contribution is 2.45. The third-order valence-corrected chi connectivity index (χ3v) is 3.26. The number of carbonyl (C=O) groups excluding carboxylic acids is 1. The van der Waals surface area contributed by atoms with Crippen molar-refractivity contribution in [3.05, 3.63) is 35.4 Å². The number of nitrogens with one attached hydrogen (secondary N) is 1. The predicted octanol–water partition coefficient (Wildman–Crippen LogP) is 2.67. The first-order valence-corrected chi connectivity index (χ1v) is 5.53. The molecule has 1 aliphatic rings. The lowest BCUT2D eigenvalue weighted by Gasteiger charge is -2.42. The normalized spacial score (nSPS) is 26.1. The van der Waals surface area contributed by atoms with Gasteiger partial charge in [-0.05, 0) is 6.07 Å². The molecule has 0 aliphatic carbocycles. The van der Waals surface area contributed by atoms with Crippen LogP contribution in [0.5, 0.6) is 0 Å². The van der Waals surface area contributed by atoms with Crippen LogP contribution >= 0.6 is 0 Å². The third-order valence-electron chi connectivity index (χ3n) is 3.26. The molecular formula is C12H10F5NO. The summed E-state index contributed by atoms with van der Waals surface area (Å²) >= 11 is 0. The quantitative estimate of drug-likeness (QED) is 0.829. The molecule has 1 fully saturated rings. The zero-order chi connectivity index (χ0) is 14.3. The zero-order valence-electron chi connectivity index (χ0n) is 9.65. The van der Waals surface area contributed by atoms with E-state index in [1.807, 2.05) is 0 Å². The molecule has 2 rings (SSSR count). The molecule has 1 atom stereocenters. The van der Waals surface area contributed by atoms with E-state index in [0.717, 1.165) is 18.2 Å². The summed E-state index contributed by atoms with van der Waals surface area (Å²) in [5, 5.41) is 1.78. The molecule has 104 valence electrons. The van der Waals surface area contributed by atoms with Crippen LogP contribution in [0.4, 0.5) is 22.0 Å². The fraction of sp³-hybridized carbons (Fsp3) is 0.417. The number of amides is 1. The minimum Gasteiger partial charge on any atom is -0.339 e. The van der Waals surface area contributed by atoms with E-state index in [1.165, 1.54) is 0 Å². The maximum Gasteiger partial charge on any atom is 0.278 e. The number of rotatable bonds is 2. The van der Waals surface area contributed by atoms with Gasteiger partial charge in [0.25, 0.3) is 5.92 Å². The van der Waals surface area contributed by atoms with Crippen molar-refractivity contribution < 1.29 is 26.7 Å². The summed E-state index contributed by atoms with van der Waals surface area (Å²) in [6, 6.07) is 2.56. The Hall–Kier alpha value is -1.66. The summed E-state index contributed by atoms with van der Waals surface area (Å²) < 4.78 is 67.9. The molecule has 0 unspecified atom stereocenters. The van der Waals surface area contributed by atoms with Crippen LogP contribution in [0.2, 0.25) is 0 Å². The molecule has 0 aromatic heterocycles. The summed E-state index contributed by atoms with van der Waals surface area (Å²) in [6.07, 6.45) is -1.41. The summed E-state index contributed by atoms with van der Waals surface area (Å²) in [6.45, 7) is -1.73. The first-order valence-electron chi connectivity index (χ1n) is 5.53. The Morgan fingerprint density at radius 2 is 1.95 bits per heavy atom. The van der Waals surface area contributed by atoms with Crippen LogP contribution in [-0.4, -0.2) is 18.5 Å². The fourth-order valence-electron chi connectivity index (χ4n) is 2.18. The van der Waals surface area contributed by atoms with E-state index in [4.69, 9.17) is 0 Å². The Morgan fingerprint density at radius 1 is 1.26 bits per heavy atom. The van der Waals surface area contributed by atoms with E-state index in [0.29, 0.717) is 0 Å². The number of hydrogen-bond donors (Lipinski definition) is 1. The van der Waals surface area contributed by atoms with Gasteiger partial charge in [-0.1, -0.05) is 12.1 Å². The van der Waals surface area contributed by atoms with Gasteiger partial charge in [-0.25, -0.2) is 22.0 Å². The lowest BCUT2D eigenvalue weighted by atomic mass is 9.79. The molecular weight excluding hydrogens is 269 g/mol. The van der Waals surface area contributed by atoms with Crippen molar-refractivity contribution >= 4 is 5.91 Å². The molecule has 0 bridgehead atoms. The first kappa shape index (κ1) is 13.8. The SMILES string of the molecule is O=C1CCC(F)(F)[C@@](CF)(c2cccc(F)c2F)N1. The molecule has 1 amide bonds. The number of carbonyl (C=O) groups is 1. The third kappa shape index (κ3) is 1.97. The first-order chi connectivity index (χ1) is 8.84. The van der Waals surface area contributed by atoms with Gasteiger partial charge in [0.1, 0.15) is 6.67 Å².